The molecule has 0 aliphatic carbocycles. The summed E-state index contributed by atoms with van der Waals surface area (Å²) in [4.78, 5) is 21.9. The molecule has 0 spiro atoms. The minimum Gasteiger partial charge on any atom is -0.480 e. The Morgan fingerprint density at radius 2 is 2.10 bits per heavy atom. The molecular formula is C10H17N5O5S. The number of aliphatic carboxylic acids is 1. The van der Waals surface area contributed by atoms with E-state index in [0.717, 1.165) is 4.68 Å². The zero-order chi connectivity index (χ0) is 15.9. The highest BCUT2D eigenvalue weighted by Gasteiger charge is 2.09. The maximum absolute atomic E-state index is 11.4. The van der Waals surface area contributed by atoms with Crippen molar-refractivity contribution in [1.82, 2.24) is 25.6 Å². The number of rotatable bonds is 8. The summed E-state index contributed by atoms with van der Waals surface area (Å²) in [5.41, 5.74) is 0.396. The molecule has 0 saturated carbocycles. The normalized spacial score (nSPS) is 11.1. The molecule has 1 aromatic heterocycles. The number of nitrogens with one attached hydrogen (secondary N) is 2. The molecule has 10 nitrogen and oxygen atoms in total. The van der Waals surface area contributed by atoms with Gasteiger partial charge in [-0.1, -0.05) is 12.1 Å². The number of carbonyl (C=O) groups is 2. The summed E-state index contributed by atoms with van der Waals surface area (Å²) < 4.78 is 23.6. The molecule has 0 radical (unpaired) electrons. The van der Waals surface area contributed by atoms with E-state index in [2.05, 4.69) is 20.9 Å². The van der Waals surface area contributed by atoms with Crippen molar-refractivity contribution < 1.29 is 23.1 Å². The summed E-state index contributed by atoms with van der Waals surface area (Å²) in [5.74, 6) is -1.14. The molecule has 1 heterocycles. The van der Waals surface area contributed by atoms with Crippen LogP contribution >= 0.6 is 0 Å². The molecule has 0 aromatic carbocycles. The number of carboxylic acids is 1. The van der Waals surface area contributed by atoms with E-state index >= 15 is 0 Å². The number of carbonyl (C=O) groups excluding carboxylic acids is 1. The molecule has 0 aliphatic rings. The van der Waals surface area contributed by atoms with Gasteiger partial charge in [0.05, 0.1) is 18.5 Å². The second-order valence-corrected chi connectivity index (χ2v) is 6.62. The number of carboxylic acid groups (broad SMARTS) is 1. The van der Waals surface area contributed by atoms with Gasteiger partial charge in [0.15, 0.2) is 9.84 Å². The van der Waals surface area contributed by atoms with Crippen LogP contribution in [-0.2, 0) is 27.7 Å². The number of hydrogen-bond donors (Lipinski definition) is 3. The zero-order valence-electron chi connectivity index (χ0n) is 11.4. The van der Waals surface area contributed by atoms with E-state index in [9.17, 15) is 18.0 Å². The van der Waals surface area contributed by atoms with Crippen molar-refractivity contribution in [2.75, 3.05) is 18.1 Å². The van der Waals surface area contributed by atoms with Crippen LogP contribution in [-0.4, -0.2) is 58.6 Å². The molecule has 0 fully saturated rings. The second kappa shape index (κ2) is 7.57. The lowest BCUT2D eigenvalue weighted by atomic mass is 10.5. The van der Waals surface area contributed by atoms with Crippen molar-refractivity contribution >= 4 is 21.8 Å². The van der Waals surface area contributed by atoms with Crippen LogP contribution in [0, 0.1) is 0 Å². The second-order valence-electron chi connectivity index (χ2n) is 4.15. The summed E-state index contributed by atoms with van der Waals surface area (Å²) in [5, 5.41) is 20.7. The number of urea groups is 1. The molecule has 1 aromatic rings. The van der Waals surface area contributed by atoms with Crippen molar-refractivity contribution in [3.63, 3.8) is 0 Å². The van der Waals surface area contributed by atoms with Crippen molar-refractivity contribution in [3.8, 4) is 0 Å². The largest absolute Gasteiger partial charge is 0.480 e. The summed E-state index contributed by atoms with van der Waals surface area (Å²) in [6, 6.07) is -0.533. The highest BCUT2D eigenvalue weighted by molar-refractivity contribution is 7.91. The fraction of sp³-hybridized carbons (Fsp3) is 0.600. The first-order chi connectivity index (χ1) is 9.82. The molecule has 21 heavy (non-hydrogen) atoms. The fourth-order valence-corrected chi connectivity index (χ4v) is 2.03. The van der Waals surface area contributed by atoms with E-state index in [-0.39, 0.29) is 31.1 Å². The van der Waals surface area contributed by atoms with Gasteiger partial charge in [0.2, 0.25) is 0 Å². The van der Waals surface area contributed by atoms with Gasteiger partial charge in [0.1, 0.15) is 12.2 Å². The molecule has 0 bridgehead atoms. The smallest absolute Gasteiger partial charge is 0.325 e. The molecule has 0 saturated heterocycles. The maximum Gasteiger partial charge on any atom is 0.325 e. The van der Waals surface area contributed by atoms with Crippen LogP contribution in [0.5, 0.6) is 0 Å². The van der Waals surface area contributed by atoms with Gasteiger partial charge in [-0.25, -0.2) is 17.9 Å². The van der Waals surface area contributed by atoms with Gasteiger partial charge in [0.25, 0.3) is 0 Å². The number of hydrogen-bond acceptors (Lipinski definition) is 6. The number of nitrogens with zero attached hydrogens (tertiary/aromatic N) is 3. The lowest BCUT2D eigenvalue weighted by Gasteiger charge is -2.06. The summed E-state index contributed by atoms with van der Waals surface area (Å²) in [7, 11) is -3.11. The van der Waals surface area contributed by atoms with Gasteiger partial charge in [-0.05, 0) is 0 Å². The average Bonchev–Trinajstić information content (AvgIpc) is 2.83. The fourth-order valence-electron chi connectivity index (χ4n) is 1.33. The monoisotopic (exact) mass is 319 g/mol. The standard InChI is InChI=1S/C10H17N5O5S/c1-2-21(19,20)4-3-11-10(18)12-5-8-6-15(14-13-8)7-9(16)17/h6H,2-5,7H2,1H3,(H,16,17)(H2,11,12,18). The van der Waals surface area contributed by atoms with Gasteiger partial charge < -0.3 is 15.7 Å². The summed E-state index contributed by atoms with van der Waals surface area (Å²) >= 11 is 0. The Morgan fingerprint density at radius 3 is 2.71 bits per heavy atom. The quantitative estimate of drug-likeness (QED) is 0.534. The first kappa shape index (κ1) is 16.9. The third-order valence-corrected chi connectivity index (χ3v) is 4.16. The third-order valence-electron chi connectivity index (χ3n) is 2.45. The van der Waals surface area contributed by atoms with E-state index in [0.29, 0.717) is 5.69 Å². The molecule has 1 rings (SSSR count). The van der Waals surface area contributed by atoms with Crippen LogP contribution in [0.1, 0.15) is 12.6 Å². The molecule has 0 atom stereocenters. The summed E-state index contributed by atoms with van der Waals surface area (Å²) in [6.45, 7) is 1.31. The maximum atomic E-state index is 11.4. The topological polar surface area (TPSA) is 143 Å². The van der Waals surface area contributed by atoms with Crippen molar-refractivity contribution in [3.05, 3.63) is 11.9 Å². The van der Waals surface area contributed by atoms with Crippen molar-refractivity contribution in [2.24, 2.45) is 0 Å². The minimum absolute atomic E-state index is 0.0215. The Morgan fingerprint density at radius 1 is 1.38 bits per heavy atom. The number of sulfone groups is 1. The molecule has 0 unspecified atom stereocenters. The molecule has 11 heteroatoms. The Kier molecular flexibility index (Phi) is 6.09. The predicted molar refractivity (Wildman–Crippen MR) is 72.2 cm³/mol. The van der Waals surface area contributed by atoms with Gasteiger partial charge in [-0.2, -0.15) is 0 Å². The molecule has 0 aliphatic heterocycles. The Bertz CT molecular complexity index is 597. The predicted octanol–water partition coefficient (Wildman–Crippen LogP) is -1.40. The van der Waals surface area contributed by atoms with Crippen molar-refractivity contribution in [2.45, 2.75) is 20.0 Å². The van der Waals surface area contributed by atoms with Crippen LogP contribution in [0.3, 0.4) is 0 Å². The first-order valence-corrected chi connectivity index (χ1v) is 7.97. The number of aromatic nitrogens is 3. The highest BCUT2D eigenvalue weighted by atomic mass is 32.2. The van der Waals surface area contributed by atoms with Gasteiger partial charge >= 0.3 is 12.0 Å². The van der Waals surface area contributed by atoms with E-state index in [1.54, 1.807) is 0 Å². The Labute approximate surface area is 121 Å². The molecule has 3 N–H and O–H groups in total. The van der Waals surface area contributed by atoms with Gasteiger partial charge in [0, 0.05) is 12.3 Å². The Balaban J connectivity index is 2.30. The van der Waals surface area contributed by atoms with E-state index < -0.39 is 21.8 Å². The number of amides is 2. The first-order valence-electron chi connectivity index (χ1n) is 6.15. The van der Waals surface area contributed by atoms with Crippen LogP contribution in [0.4, 0.5) is 4.79 Å². The molecule has 2 amide bonds. The van der Waals surface area contributed by atoms with Crippen LogP contribution in [0.15, 0.2) is 6.20 Å². The van der Waals surface area contributed by atoms with Crippen LogP contribution in [0.25, 0.3) is 0 Å². The van der Waals surface area contributed by atoms with Crippen LogP contribution in [0.2, 0.25) is 0 Å². The van der Waals surface area contributed by atoms with E-state index in [1.807, 2.05) is 0 Å². The van der Waals surface area contributed by atoms with Crippen LogP contribution < -0.4 is 10.6 Å². The zero-order valence-corrected chi connectivity index (χ0v) is 12.3. The van der Waals surface area contributed by atoms with Crippen molar-refractivity contribution in [1.29, 1.82) is 0 Å². The van der Waals surface area contributed by atoms with Gasteiger partial charge in [-0.15, -0.1) is 5.10 Å². The highest BCUT2D eigenvalue weighted by Crippen LogP contribution is 1.92. The lowest BCUT2D eigenvalue weighted by Crippen LogP contribution is -2.37. The Hall–Kier alpha value is -2.17. The average molecular weight is 319 g/mol. The van der Waals surface area contributed by atoms with Gasteiger partial charge in [-0.3, -0.25) is 4.79 Å². The molecular weight excluding hydrogens is 302 g/mol. The minimum atomic E-state index is -3.11. The van der Waals surface area contributed by atoms with E-state index in [4.69, 9.17) is 5.11 Å². The third kappa shape index (κ3) is 6.70. The SMILES string of the molecule is CCS(=O)(=O)CCNC(=O)NCc1cn(CC(=O)O)nn1. The lowest BCUT2D eigenvalue weighted by molar-refractivity contribution is -0.137. The van der Waals surface area contributed by atoms with E-state index in [1.165, 1.54) is 13.1 Å². The molecule has 118 valence electrons. The summed E-state index contributed by atoms with van der Waals surface area (Å²) in [6.07, 6.45) is 1.40.